The molecule has 11 heavy (non-hydrogen) atoms. The Bertz CT molecular complexity index is 92.4. The molecule has 0 saturated heterocycles. The van der Waals surface area contributed by atoms with Gasteiger partial charge in [0, 0.05) is 0 Å². The fourth-order valence-electron chi connectivity index (χ4n) is 0.633. The lowest BCUT2D eigenvalue weighted by Gasteiger charge is -2.18. The molecule has 0 aromatic rings. The van der Waals surface area contributed by atoms with E-state index in [9.17, 15) is 0 Å². The van der Waals surface area contributed by atoms with Crippen LogP contribution < -0.4 is 0 Å². The Morgan fingerprint density at radius 3 is 2.36 bits per heavy atom. The average Bonchev–Trinajstić information content (AvgIpc) is 1.99. The van der Waals surface area contributed by atoms with Crippen molar-refractivity contribution in [3.8, 4) is 0 Å². The van der Waals surface area contributed by atoms with Gasteiger partial charge in [-0.05, 0) is 6.42 Å². The summed E-state index contributed by atoms with van der Waals surface area (Å²) in [5, 5.41) is 25.7. The van der Waals surface area contributed by atoms with E-state index in [4.69, 9.17) is 15.3 Å². The monoisotopic (exact) mass is 164 g/mol. The molecule has 0 heterocycles. The third kappa shape index (κ3) is 6.25. The third-order valence-corrected chi connectivity index (χ3v) is 1.29. The molecule has 0 aliphatic rings. The lowest BCUT2D eigenvalue weighted by atomic mass is 10.3. The number of rotatable bonds is 6. The predicted octanol–water partition coefficient (Wildman–Crippen LogP) is -0.176. The fraction of sp³-hybridized carbons (Fsp3) is 1.00. The van der Waals surface area contributed by atoms with Crippen LogP contribution in [0.25, 0.3) is 0 Å². The van der Waals surface area contributed by atoms with Crippen molar-refractivity contribution in [2.24, 2.45) is 0 Å². The van der Waals surface area contributed by atoms with Gasteiger partial charge >= 0.3 is 5.97 Å². The van der Waals surface area contributed by atoms with Gasteiger partial charge in [-0.1, -0.05) is 19.8 Å². The van der Waals surface area contributed by atoms with Crippen molar-refractivity contribution in [2.45, 2.75) is 32.2 Å². The van der Waals surface area contributed by atoms with Crippen LogP contribution in [0.3, 0.4) is 0 Å². The highest BCUT2D eigenvalue weighted by molar-refractivity contribution is 4.46. The third-order valence-electron chi connectivity index (χ3n) is 1.29. The molecule has 68 valence electrons. The second kappa shape index (κ2) is 5.49. The van der Waals surface area contributed by atoms with Gasteiger partial charge in [-0.15, -0.1) is 0 Å². The Morgan fingerprint density at radius 2 is 1.91 bits per heavy atom. The van der Waals surface area contributed by atoms with Gasteiger partial charge in [0.2, 0.25) is 0 Å². The van der Waals surface area contributed by atoms with Gasteiger partial charge < -0.3 is 20.1 Å². The summed E-state index contributed by atoms with van der Waals surface area (Å²) in [4.78, 5) is 0. The molecular weight excluding hydrogens is 148 g/mol. The number of unbranched alkanes of at least 4 members (excludes halogenated alkanes) is 2. The molecule has 0 spiro atoms. The topological polar surface area (TPSA) is 69.9 Å². The molecule has 0 aliphatic heterocycles. The molecule has 0 aromatic carbocycles. The zero-order valence-electron chi connectivity index (χ0n) is 6.79. The van der Waals surface area contributed by atoms with Crippen molar-refractivity contribution in [3.05, 3.63) is 0 Å². The summed E-state index contributed by atoms with van der Waals surface area (Å²) >= 11 is 0. The minimum Gasteiger partial charge on any atom is -0.388 e. The van der Waals surface area contributed by atoms with Crippen molar-refractivity contribution in [1.82, 2.24) is 0 Å². The molecule has 0 amide bonds. The van der Waals surface area contributed by atoms with Gasteiger partial charge in [-0.3, -0.25) is 0 Å². The summed E-state index contributed by atoms with van der Waals surface area (Å²) in [5.41, 5.74) is 0. The normalized spacial score (nSPS) is 12.0. The maximum atomic E-state index is 8.71. The predicted molar refractivity (Wildman–Crippen MR) is 39.7 cm³/mol. The first-order valence-corrected chi connectivity index (χ1v) is 3.82. The molecule has 4 nitrogen and oxygen atoms in total. The molecule has 0 fully saturated rings. The second-order valence-corrected chi connectivity index (χ2v) is 2.46. The van der Waals surface area contributed by atoms with Gasteiger partial charge in [0.15, 0.2) is 0 Å². The molecule has 4 heteroatoms. The zero-order valence-corrected chi connectivity index (χ0v) is 6.79. The Balaban J connectivity index is 3.23. The molecule has 0 saturated carbocycles. The number of aliphatic hydroxyl groups is 3. The lowest BCUT2D eigenvalue weighted by Crippen LogP contribution is -2.36. The fourth-order valence-corrected chi connectivity index (χ4v) is 0.633. The van der Waals surface area contributed by atoms with Crippen LogP contribution in [0.15, 0.2) is 0 Å². The average molecular weight is 164 g/mol. The molecule has 0 unspecified atom stereocenters. The Kier molecular flexibility index (Phi) is 5.41. The van der Waals surface area contributed by atoms with Crippen molar-refractivity contribution < 1.29 is 20.1 Å². The van der Waals surface area contributed by atoms with E-state index in [-0.39, 0.29) is 6.61 Å². The lowest BCUT2D eigenvalue weighted by molar-refractivity contribution is -0.350. The minimum absolute atomic E-state index is 0.265. The molecule has 3 N–H and O–H groups in total. The maximum Gasteiger partial charge on any atom is 0.302 e. The first-order valence-electron chi connectivity index (χ1n) is 3.82. The Morgan fingerprint density at radius 1 is 1.27 bits per heavy atom. The van der Waals surface area contributed by atoms with Crippen LogP contribution >= 0.6 is 0 Å². The van der Waals surface area contributed by atoms with Gasteiger partial charge in [-0.2, -0.15) is 0 Å². The quantitative estimate of drug-likeness (QED) is 0.376. The SMILES string of the molecule is CCCCCOC(O)(O)CO. The summed E-state index contributed by atoms with van der Waals surface area (Å²) in [5.74, 6) is -2.35. The van der Waals surface area contributed by atoms with Gasteiger partial charge in [0.05, 0.1) is 6.61 Å². The summed E-state index contributed by atoms with van der Waals surface area (Å²) < 4.78 is 4.54. The van der Waals surface area contributed by atoms with E-state index in [1.807, 2.05) is 6.92 Å². The number of hydrogen-bond donors (Lipinski definition) is 3. The van der Waals surface area contributed by atoms with Crippen molar-refractivity contribution in [2.75, 3.05) is 13.2 Å². The van der Waals surface area contributed by atoms with Crippen LogP contribution in [0.1, 0.15) is 26.2 Å². The number of ether oxygens (including phenoxy) is 1. The van der Waals surface area contributed by atoms with Crippen molar-refractivity contribution in [3.63, 3.8) is 0 Å². The minimum atomic E-state index is -2.35. The number of aliphatic hydroxyl groups excluding tert-OH is 1. The molecule has 0 bridgehead atoms. The Labute approximate surface area is 66.4 Å². The first-order chi connectivity index (χ1) is 5.12. The molecule has 0 rings (SSSR count). The maximum absolute atomic E-state index is 8.71. The number of hydrogen-bond acceptors (Lipinski definition) is 4. The van der Waals surface area contributed by atoms with Crippen LogP contribution in [-0.4, -0.2) is 34.5 Å². The highest BCUT2D eigenvalue weighted by Crippen LogP contribution is 2.02. The van der Waals surface area contributed by atoms with E-state index in [2.05, 4.69) is 4.74 Å². The van der Waals surface area contributed by atoms with E-state index in [1.54, 1.807) is 0 Å². The molecular formula is C7H16O4. The summed E-state index contributed by atoms with van der Waals surface area (Å²) in [6, 6.07) is 0. The van der Waals surface area contributed by atoms with Crippen LogP contribution in [0.2, 0.25) is 0 Å². The smallest absolute Gasteiger partial charge is 0.302 e. The highest BCUT2D eigenvalue weighted by Gasteiger charge is 2.21. The summed E-state index contributed by atoms with van der Waals surface area (Å²) in [7, 11) is 0. The summed E-state index contributed by atoms with van der Waals surface area (Å²) in [6.45, 7) is 1.51. The van der Waals surface area contributed by atoms with Gasteiger partial charge in [0.1, 0.15) is 6.61 Å². The van der Waals surface area contributed by atoms with Crippen LogP contribution in [0, 0.1) is 0 Å². The van der Waals surface area contributed by atoms with Crippen LogP contribution in [-0.2, 0) is 4.74 Å². The zero-order chi connectivity index (χ0) is 8.74. The van der Waals surface area contributed by atoms with Gasteiger partial charge in [-0.25, -0.2) is 0 Å². The van der Waals surface area contributed by atoms with Gasteiger partial charge in [0.25, 0.3) is 0 Å². The van der Waals surface area contributed by atoms with Crippen molar-refractivity contribution in [1.29, 1.82) is 0 Å². The standard InChI is InChI=1S/C7H16O4/c1-2-3-4-5-11-7(9,10)6-8/h8-10H,2-6H2,1H3. The first kappa shape index (κ1) is 10.8. The van der Waals surface area contributed by atoms with E-state index < -0.39 is 12.6 Å². The van der Waals surface area contributed by atoms with E-state index in [1.165, 1.54) is 0 Å². The van der Waals surface area contributed by atoms with Crippen LogP contribution in [0.4, 0.5) is 0 Å². The molecule has 0 radical (unpaired) electrons. The Hall–Kier alpha value is -0.160. The van der Waals surface area contributed by atoms with Crippen molar-refractivity contribution >= 4 is 0 Å². The largest absolute Gasteiger partial charge is 0.388 e. The molecule has 0 aliphatic carbocycles. The molecule has 0 atom stereocenters. The van der Waals surface area contributed by atoms with E-state index in [0.29, 0.717) is 0 Å². The molecule has 0 aromatic heterocycles. The van der Waals surface area contributed by atoms with E-state index >= 15 is 0 Å². The van der Waals surface area contributed by atoms with Crippen LogP contribution in [0.5, 0.6) is 0 Å². The second-order valence-electron chi connectivity index (χ2n) is 2.46. The summed E-state index contributed by atoms with van der Waals surface area (Å²) in [6.07, 6.45) is 2.81. The van der Waals surface area contributed by atoms with E-state index in [0.717, 1.165) is 19.3 Å². The highest BCUT2D eigenvalue weighted by atomic mass is 16.8.